The Bertz CT molecular complexity index is 1140. The lowest BCUT2D eigenvalue weighted by molar-refractivity contribution is -0.117. The van der Waals surface area contributed by atoms with Gasteiger partial charge < -0.3 is 29.1 Å². The Morgan fingerprint density at radius 1 is 1.14 bits per heavy atom. The minimum absolute atomic E-state index is 0.204. The number of rotatable bonds is 10. The summed E-state index contributed by atoms with van der Waals surface area (Å²) < 4.78 is 17.5. The van der Waals surface area contributed by atoms with Gasteiger partial charge in [-0.2, -0.15) is 0 Å². The van der Waals surface area contributed by atoms with Gasteiger partial charge in [-0.3, -0.25) is 4.79 Å². The van der Waals surface area contributed by atoms with Crippen LogP contribution in [0, 0.1) is 0 Å². The number of nitrogens with zero attached hydrogens (tertiary/aromatic N) is 2. The Labute approximate surface area is 211 Å². The van der Waals surface area contributed by atoms with E-state index in [0.717, 1.165) is 0 Å². The summed E-state index contributed by atoms with van der Waals surface area (Å²) in [7, 11) is 1.52. The molecule has 2 aromatic carbocycles. The first-order chi connectivity index (χ1) is 17.4. The number of carbonyl (C=O) groups excluding carboxylic acids is 1. The van der Waals surface area contributed by atoms with Gasteiger partial charge in [0.1, 0.15) is 11.9 Å². The first kappa shape index (κ1) is 25.2. The Balaban J connectivity index is 1.49. The van der Waals surface area contributed by atoms with Crippen molar-refractivity contribution in [3.05, 3.63) is 72.5 Å². The monoisotopic (exact) mass is 492 g/mol. The van der Waals surface area contributed by atoms with Gasteiger partial charge in [0.15, 0.2) is 17.3 Å². The standard InChI is InChI=1S/C28H32N2O6/c1-4-15-30(27(31)24(5-2)35-22-11-8-20(9-12-22)19-6-7-19)21-10-13-25(26(17-21)34-3)36-23-14-16-29(18-23)28(32)33/h4-5,8-13,17,19,23H,1,6-7,14-16,18H2,2-3H3,(H,32,33). The van der Waals surface area contributed by atoms with E-state index in [2.05, 4.69) is 18.7 Å². The summed E-state index contributed by atoms with van der Waals surface area (Å²) in [6.07, 6.45) is 5.13. The molecule has 1 aliphatic carbocycles. The van der Waals surface area contributed by atoms with Crippen LogP contribution >= 0.6 is 0 Å². The molecule has 0 radical (unpaired) electrons. The highest BCUT2D eigenvalue weighted by Gasteiger charge is 2.29. The molecule has 1 N–H and O–H groups in total. The van der Waals surface area contributed by atoms with E-state index in [0.29, 0.717) is 48.4 Å². The molecule has 8 nitrogen and oxygen atoms in total. The summed E-state index contributed by atoms with van der Waals surface area (Å²) in [4.78, 5) is 27.5. The Morgan fingerprint density at radius 3 is 2.47 bits per heavy atom. The summed E-state index contributed by atoms with van der Waals surface area (Å²) in [5.41, 5.74) is 1.89. The molecule has 2 amide bonds. The number of hydrogen-bond donors (Lipinski definition) is 1. The maximum absolute atomic E-state index is 13.5. The van der Waals surface area contributed by atoms with Crippen molar-refractivity contribution in [2.45, 2.75) is 38.2 Å². The largest absolute Gasteiger partial charge is 0.493 e. The fourth-order valence-corrected chi connectivity index (χ4v) is 4.24. The first-order valence-electron chi connectivity index (χ1n) is 12.1. The third-order valence-corrected chi connectivity index (χ3v) is 6.35. The molecular weight excluding hydrogens is 460 g/mol. The number of allylic oxidation sites excluding steroid dienone is 1. The quantitative estimate of drug-likeness (QED) is 0.278. The van der Waals surface area contributed by atoms with Gasteiger partial charge in [0.05, 0.1) is 13.7 Å². The molecule has 1 saturated carbocycles. The summed E-state index contributed by atoms with van der Waals surface area (Å²) >= 11 is 0. The van der Waals surface area contributed by atoms with Crippen molar-refractivity contribution in [3.63, 3.8) is 0 Å². The highest BCUT2D eigenvalue weighted by atomic mass is 16.5. The summed E-state index contributed by atoms with van der Waals surface area (Å²) in [5.74, 6) is 2.08. The molecule has 0 spiro atoms. The molecule has 1 aliphatic heterocycles. The molecule has 190 valence electrons. The van der Waals surface area contributed by atoms with E-state index >= 15 is 0 Å². The molecule has 2 fully saturated rings. The van der Waals surface area contributed by atoms with Gasteiger partial charge in [-0.1, -0.05) is 18.2 Å². The zero-order chi connectivity index (χ0) is 25.7. The van der Waals surface area contributed by atoms with Crippen LogP contribution in [0.5, 0.6) is 17.2 Å². The Morgan fingerprint density at radius 2 is 1.89 bits per heavy atom. The molecule has 4 rings (SSSR count). The van der Waals surface area contributed by atoms with E-state index in [1.807, 2.05) is 12.1 Å². The molecule has 36 heavy (non-hydrogen) atoms. The molecule has 1 saturated heterocycles. The van der Waals surface area contributed by atoms with Crippen molar-refractivity contribution in [2.24, 2.45) is 0 Å². The zero-order valence-corrected chi connectivity index (χ0v) is 20.7. The topological polar surface area (TPSA) is 88.5 Å². The first-order valence-corrected chi connectivity index (χ1v) is 12.1. The van der Waals surface area contributed by atoms with Gasteiger partial charge in [0.2, 0.25) is 0 Å². The Kier molecular flexibility index (Phi) is 7.83. The number of hydrogen-bond acceptors (Lipinski definition) is 5. The smallest absolute Gasteiger partial charge is 0.407 e. The summed E-state index contributed by atoms with van der Waals surface area (Å²) in [6, 6.07) is 13.1. The molecule has 1 atom stereocenters. The molecule has 1 heterocycles. The molecular formula is C28H32N2O6. The summed E-state index contributed by atoms with van der Waals surface area (Å²) in [5, 5.41) is 9.18. The van der Waals surface area contributed by atoms with E-state index in [4.69, 9.17) is 14.2 Å². The van der Waals surface area contributed by atoms with Crippen molar-refractivity contribution in [3.8, 4) is 17.2 Å². The maximum Gasteiger partial charge on any atom is 0.407 e. The van der Waals surface area contributed by atoms with Gasteiger partial charge in [0, 0.05) is 31.3 Å². The van der Waals surface area contributed by atoms with Crippen molar-refractivity contribution >= 4 is 17.7 Å². The molecule has 0 aromatic heterocycles. The van der Waals surface area contributed by atoms with Gasteiger partial charge in [-0.25, -0.2) is 4.79 Å². The van der Waals surface area contributed by atoms with E-state index in [1.54, 1.807) is 42.2 Å². The third kappa shape index (κ3) is 5.82. The minimum Gasteiger partial charge on any atom is -0.493 e. The number of ether oxygens (including phenoxy) is 3. The molecule has 1 unspecified atom stereocenters. The van der Waals surface area contributed by atoms with Crippen LogP contribution in [0.2, 0.25) is 0 Å². The Hall–Kier alpha value is -3.94. The van der Waals surface area contributed by atoms with E-state index in [1.165, 1.54) is 30.4 Å². The maximum atomic E-state index is 13.5. The van der Waals surface area contributed by atoms with Crippen LogP contribution in [0.25, 0.3) is 0 Å². The molecule has 2 aromatic rings. The predicted molar refractivity (Wildman–Crippen MR) is 137 cm³/mol. The molecule has 2 aliphatic rings. The van der Waals surface area contributed by atoms with Gasteiger partial charge >= 0.3 is 6.09 Å². The second-order valence-electron chi connectivity index (χ2n) is 8.90. The number of anilines is 1. The van der Waals surface area contributed by atoms with Crippen LogP contribution in [-0.2, 0) is 4.79 Å². The number of benzene rings is 2. The SMILES string of the molecule is C=CCN(C(=O)C(=CC)Oc1ccc(C2CC2)cc1)c1ccc(OC2CCN(C(=O)O)C2)c(OC)c1. The van der Waals surface area contributed by atoms with Crippen LogP contribution in [0.4, 0.5) is 10.5 Å². The van der Waals surface area contributed by atoms with Crippen molar-refractivity contribution < 1.29 is 28.9 Å². The second kappa shape index (κ2) is 11.2. The average Bonchev–Trinajstić information content (AvgIpc) is 3.63. The summed E-state index contributed by atoms with van der Waals surface area (Å²) in [6.45, 7) is 6.55. The van der Waals surface area contributed by atoms with Crippen LogP contribution < -0.4 is 19.1 Å². The molecule has 8 heteroatoms. The van der Waals surface area contributed by atoms with Crippen LogP contribution in [0.15, 0.2) is 67.0 Å². The van der Waals surface area contributed by atoms with Crippen LogP contribution in [0.1, 0.15) is 37.7 Å². The van der Waals surface area contributed by atoms with Gasteiger partial charge in [-0.05, 0) is 61.6 Å². The number of likely N-dealkylation sites (tertiary alicyclic amines) is 1. The van der Waals surface area contributed by atoms with E-state index in [9.17, 15) is 14.7 Å². The lowest BCUT2D eigenvalue weighted by atomic mass is 10.1. The minimum atomic E-state index is -0.956. The lowest BCUT2D eigenvalue weighted by Crippen LogP contribution is -2.34. The number of methoxy groups -OCH3 is 1. The lowest BCUT2D eigenvalue weighted by Gasteiger charge is -2.24. The fourth-order valence-electron chi connectivity index (χ4n) is 4.24. The van der Waals surface area contributed by atoms with Crippen molar-refractivity contribution in [1.82, 2.24) is 4.90 Å². The predicted octanol–water partition coefficient (Wildman–Crippen LogP) is 5.21. The number of carbonyl (C=O) groups is 2. The third-order valence-electron chi connectivity index (χ3n) is 6.35. The average molecular weight is 493 g/mol. The second-order valence-corrected chi connectivity index (χ2v) is 8.90. The number of carboxylic acid groups (broad SMARTS) is 1. The van der Waals surface area contributed by atoms with Gasteiger partial charge in [0.25, 0.3) is 5.91 Å². The highest BCUT2D eigenvalue weighted by molar-refractivity contribution is 6.04. The van der Waals surface area contributed by atoms with Crippen LogP contribution in [-0.4, -0.2) is 54.9 Å². The molecule has 0 bridgehead atoms. The highest BCUT2D eigenvalue weighted by Crippen LogP contribution is 2.40. The zero-order valence-electron chi connectivity index (χ0n) is 20.7. The van der Waals surface area contributed by atoms with Gasteiger partial charge in [-0.15, -0.1) is 6.58 Å². The van der Waals surface area contributed by atoms with Crippen molar-refractivity contribution in [2.75, 3.05) is 31.6 Å². The van der Waals surface area contributed by atoms with Crippen LogP contribution in [0.3, 0.4) is 0 Å². The van der Waals surface area contributed by atoms with E-state index in [-0.39, 0.29) is 24.3 Å². The van der Waals surface area contributed by atoms with Crippen molar-refractivity contribution in [1.29, 1.82) is 0 Å². The number of amides is 2. The normalized spacial score (nSPS) is 17.4. The van der Waals surface area contributed by atoms with E-state index < -0.39 is 6.09 Å². The fraction of sp³-hybridized carbons (Fsp3) is 0.357.